The first-order valence-electron chi connectivity index (χ1n) is 9.13. The lowest BCUT2D eigenvalue weighted by Crippen LogP contribution is -2.31. The molecule has 27 heavy (non-hydrogen) atoms. The Kier molecular flexibility index (Phi) is 4.47. The molecule has 0 aromatic heterocycles. The van der Waals surface area contributed by atoms with Crippen LogP contribution >= 0.6 is 0 Å². The number of carbonyl (C=O) groups excluding carboxylic acids is 1. The molecule has 4 rings (SSSR count). The number of amidine groups is 1. The average Bonchev–Trinajstić information content (AvgIpc) is 3.48. The highest BCUT2D eigenvalue weighted by Gasteiger charge is 2.33. The highest BCUT2D eigenvalue weighted by atomic mass is 32.2. The first-order chi connectivity index (χ1) is 13.0. The van der Waals surface area contributed by atoms with E-state index >= 15 is 0 Å². The molecule has 7 heteroatoms. The molecule has 140 valence electrons. The van der Waals surface area contributed by atoms with E-state index in [4.69, 9.17) is 0 Å². The van der Waals surface area contributed by atoms with Crippen LogP contribution in [0.2, 0.25) is 0 Å². The van der Waals surface area contributed by atoms with Crippen molar-refractivity contribution in [2.75, 3.05) is 10.2 Å². The Labute approximate surface area is 159 Å². The molecule has 0 spiro atoms. The van der Waals surface area contributed by atoms with Gasteiger partial charge in [0, 0.05) is 23.7 Å². The normalized spacial score (nSPS) is 17.8. The number of para-hydroxylation sites is 1. The van der Waals surface area contributed by atoms with Gasteiger partial charge in [0.2, 0.25) is 5.91 Å². The highest BCUT2D eigenvalue weighted by Crippen LogP contribution is 2.39. The van der Waals surface area contributed by atoms with E-state index in [1.807, 2.05) is 42.2 Å². The average molecular weight is 383 g/mol. The van der Waals surface area contributed by atoms with E-state index in [-0.39, 0.29) is 16.7 Å². The van der Waals surface area contributed by atoms with E-state index in [1.54, 1.807) is 12.1 Å². The van der Waals surface area contributed by atoms with Crippen LogP contribution in [0.5, 0.6) is 0 Å². The van der Waals surface area contributed by atoms with Gasteiger partial charge in [-0.15, -0.1) is 4.40 Å². The number of amides is 1. The molecule has 1 saturated carbocycles. The molecule has 1 fully saturated rings. The molecule has 0 unspecified atom stereocenters. The van der Waals surface area contributed by atoms with E-state index < -0.39 is 10.0 Å². The number of nitrogens with one attached hydrogen (secondary N) is 1. The summed E-state index contributed by atoms with van der Waals surface area (Å²) in [5.41, 5.74) is 1.90. The minimum atomic E-state index is -3.82. The minimum Gasteiger partial charge on any atom is -0.326 e. The van der Waals surface area contributed by atoms with Crippen molar-refractivity contribution in [3.63, 3.8) is 0 Å². The fourth-order valence-electron chi connectivity index (χ4n) is 3.19. The first-order valence-corrected chi connectivity index (χ1v) is 10.6. The van der Waals surface area contributed by atoms with Crippen LogP contribution in [-0.2, 0) is 14.8 Å². The van der Waals surface area contributed by atoms with Gasteiger partial charge in [-0.3, -0.25) is 9.69 Å². The van der Waals surface area contributed by atoms with Gasteiger partial charge in [0.05, 0.1) is 5.69 Å². The zero-order valence-corrected chi connectivity index (χ0v) is 15.9. The largest absolute Gasteiger partial charge is 0.326 e. The second-order valence-electron chi connectivity index (χ2n) is 6.85. The summed E-state index contributed by atoms with van der Waals surface area (Å²) >= 11 is 0. The van der Waals surface area contributed by atoms with Gasteiger partial charge in [-0.1, -0.05) is 25.1 Å². The standard InChI is InChI=1S/C20H21N3O3S/c1-2-6-19-22-27(25,26)18-13-15(21-20(24)14-9-10-14)11-12-17(18)23(19)16-7-4-3-5-8-16/h3-5,7-8,11-14H,2,6,9-10H2,1H3,(H,21,24). The molecule has 1 heterocycles. The van der Waals surface area contributed by atoms with Crippen LogP contribution in [0.25, 0.3) is 0 Å². The van der Waals surface area contributed by atoms with E-state index in [0.29, 0.717) is 23.6 Å². The lowest BCUT2D eigenvalue weighted by molar-refractivity contribution is -0.117. The number of sulfonamides is 1. The van der Waals surface area contributed by atoms with E-state index in [2.05, 4.69) is 9.71 Å². The topological polar surface area (TPSA) is 78.8 Å². The van der Waals surface area contributed by atoms with Crippen molar-refractivity contribution in [3.05, 3.63) is 48.5 Å². The molecule has 1 amide bonds. The van der Waals surface area contributed by atoms with Gasteiger partial charge in [0.25, 0.3) is 10.0 Å². The van der Waals surface area contributed by atoms with Gasteiger partial charge in [0.15, 0.2) is 0 Å². The lowest BCUT2D eigenvalue weighted by Gasteiger charge is -2.31. The summed E-state index contributed by atoms with van der Waals surface area (Å²) in [5, 5.41) is 2.81. The van der Waals surface area contributed by atoms with Crippen molar-refractivity contribution in [1.82, 2.24) is 0 Å². The summed E-state index contributed by atoms with van der Waals surface area (Å²) in [5.74, 6) is 0.497. The molecule has 0 bridgehead atoms. The maximum Gasteiger partial charge on any atom is 0.286 e. The molecule has 1 aliphatic heterocycles. The van der Waals surface area contributed by atoms with E-state index in [1.165, 1.54) is 6.07 Å². The Hall–Kier alpha value is -2.67. The van der Waals surface area contributed by atoms with E-state index in [0.717, 1.165) is 24.9 Å². The maximum atomic E-state index is 12.8. The predicted molar refractivity (Wildman–Crippen MR) is 106 cm³/mol. The molecule has 0 atom stereocenters. The fraction of sp³-hybridized carbons (Fsp3) is 0.300. The summed E-state index contributed by atoms with van der Waals surface area (Å²) in [6.07, 6.45) is 3.11. The van der Waals surface area contributed by atoms with Gasteiger partial charge in [-0.05, 0) is 49.6 Å². The Morgan fingerprint density at radius 2 is 1.93 bits per heavy atom. The molecule has 2 aliphatic rings. The third kappa shape index (κ3) is 3.47. The zero-order chi connectivity index (χ0) is 19.0. The fourth-order valence-corrected chi connectivity index (χ4v) is 4.44. The molecular formula is C20H21N3O3S. The van der Waals surface area contributed by atoms with E-state index in [9.17, 15) is 13.2 Å². The summed E-state index contributed by atoms with van der Waals surface area (Å²) in [7, 11) is -3.82. The van der Waals surface area contributed by atoms with Gasteiger partial charge in [-0.2, -0.15) is 8.42 Å². The maximum absolute atomic E-state index is 12.8. The third-order valence-electron chi connectivity index (χ3n) is 4.67. The quantitative estimate of drug-likeness (QED) is 0.844. The first kappa shape index (κ1) is 17.7. The monoisotopic (exact) mass is 383 g/mol. The van der Waals surface area contributed by atoms with Gasteiger partial charge in [0.1, 0.15) is 10.7 Å². The van der Waals surface area contributed by atoms with Crippen molar-refractivity contribution in [2.45, 2.75) is 37.5 Å². The van der Waals surface area contributed by atoms with Crippen LogP contribution in [0, 0.1) is 5.92 Å². The number of carbonyl (C=O) groups is 1. The SMILES string of the molecule is CCCC1=NS(=O)(=O)c2cc(NC(=O)C3CC3)ccc2N1c1ccccc1. The molecular weight excluding hydrogens is 362 g/mol. The molecule has 0 radical (unpaired) electrons. The number of benzene rings is 2. The van der Waals surface area contributed by atoms with Crippen molar-refractivity contribution in [3.8, 4) is 0 Å². The molecule has 6 nitrogen and oxygen atoms in total. The number of nitrogens with zero attached hydrogens (tertiary/aromatic N) is 2. The molecule has 2 aromatic rings. The number of anilines is 3. The van der Waals surface area contributed by atoms with Crippen molar-refractivity contribution in [1.29, 1.82) is 0 Å². The van der Waals surface area contributed by atoms with Crippen LogP contribution in [0.3, 0.4) is 0 Å². The van der Waals surface area contributed by atoms with Crippen molar-refractivity contribution >= 4 is 38.8 Å². The number of hydrogen-bond donors (Lipinski definition) is 1. The Bertz CT molecular complexity index is 1010. The van der Waals surface area contributed by atoms with Crippen LogP contribution in [-0.4, -0.2) is 20.2 Å². The summed E-state index contributed by atoms with van der Waals surface area (Å²) in [6, 6.07) is 14.6. The number of hydrogen-bond acceptors (Lipinski definition) is 4. The summed E-state index contributed by atoms with van der Waals surface area (Å²) < 4.78 is 29.7. The highest BCUT2D eigenvalue weighted by molar-refractivity contribution is 7.90. The second kappa shape index (κ2) is 6.81. The molecule has 1 aliphatic carbocycles. The van der Waals surface area contributed by atoms with Gasteiger partial charge in [-0.25, -0.2) is 0 Å². The van der Waals surface area contributed by atoms with Crippen molar-refractivity contribution in [2.24, 2.45) is 10.3 Å². The van der Waals surface area contributed by atoms with Crippen molar-refractivity contribution < 1.29 is 13.2 Å². The van der Waals surface area contributed by atoms with Crippen LogP contribution in [0.15, 0.2) is 57.8 Å². The van der Waals surface area contributed by atoms with Gasteiger partial charge >= 0.3 is 0 Å². The number of fused-ring (bicyclic) bond motifs is 1. The third-order valence-corrected chi connectivity index (χ3v) is 6.00. The Morgan fingerprint density at radius 1 is 1.19 bits per heavy atom. The zero-order valence-electron chi connectivity index (χ0n) is 15.1. The van der Waals surface area contributed by atoms with Gasteiger partial charge < -0.3 is 5.32 Å². The minimum absolute atomic E-state index is 0.0487. The molecule has 2 aromatic carbocycles. The Balaban J connectivity index is 1.80. The second-order valence-corrected chi connectivity index (χ2v) is 8.42. The predicted octanol–water partition coefficient (Wildman–Crippen LogP) is 4.07. The lowest BCUT2D eigenvalue weighted by atomic mass is 10.1. The number of rotatable bonds is 5. The Morgan fingerprint density at radius 3 is 2.59 bits per heavy atom. The molecule has 0 saturated heterocycles. The molecule has 1 N–H and O–H groups in total. The van der Waals surface area contributed by atoms with Crippen LogP contribution in [0.1, 0.15) is 32.6 Å². The smallest absolute Gasteiger partial charge is 0.286 e. The summed E-state index contributed by atoms with van der Waals surface area (Å²) in [4.78, 5) is 14.0. The van der Waals surface area contributed by atoms with Crippen LogP contribution < -0.4 is 10.2 Å². The van der Waals surface area contributed by atoms with Crippen LogP contribution in [0.4, 0.5) is 17.1 Å². The summed E-state index contributed by atoms with van der Waals surface area (Å²) in [6.45, 7) is 1.99.